The molecule has 0 aliphatic carbocycles. The fraction of sp³-hybridized carbons (Fsp3) is 0.238. The molecule has 1 amide bonds. The van der Waals surface area contributed by atoms with Crippen LogP contribution in [-0.2, 0) is 12.4 Å². The van der Waals surface area contributed by atoms with Crippen molar-refractivity contribution in [3.63, 3.8) is 0 Å². The zero-order valence-corrected chi connectivity index (χ0v) is 18.5. The van der Waals surface area contributed by atoms with Crippen molar-refractivity contribution in [2.75, 3.05) is 11.9 Å². The Morgan fingerprint density at radius 3 is 2.31 bits per heavy atom. The summed E-state index contributed by atoms with van der Waals surface area (Å²) >= 11 is 0. The van der Waals surface area contributed by atoms with Gasteiger partial charge in [-0.3, -0.25) is 4.79 Å². The monoisotopic (exact) mass is 510 g/mol. The third-order valence-electron chi connectivity index (χ3n) is 5.46. The van der Waals surface area contributed by atoms with Gasteiger partial charge in [0.15, 0.2) is 11.6 Å². The van der Waals surface area contributed by atoms with Crippen LogP contribution < -0.4 is 10.6 Å². The quantitative estimate of drug-likeness (QED) is 0.405. The lowest BCUT2D eigenvalue weighted by molar-refractivity contribution is -0.142. The van der Waals surface area contributed by atoms with Crippen molar-refractivity contribution < 1.29 is 31.1 Å². The number of anilines is 1. The van der Waals surface area contributed by atoms with Crippen LogP contribution in [0.4, 0.5) is 32.2 Å². The first kappa shape index (κ1) is 24.8. The molecule has 0 bridgehead atoms. The van der Waals surface area contributed by atoms with Gasteiger partial charge in [0, 0.05) is 18.6 Å². The van der Waals surface area contributed by atoms with Gasteiger partial charge in [-0.05, 0) is 31.2 Å². The van der Waals surface area contributed by atoms with Crippen molar-refractivity contribution in [3.05, 3.63) is 65.6 Å². The predicted octanol–water partition coefficient (Wildman–Crippen LogP) is 3.94. The Kier molecular flexibility index (Phi) is 6.02. The molecule has 0 fully saturated rings. The van der Waals surface area contributed by atoms with Gasteiger partial charge in [-0.1, -0.05) is 0 Å². The third kappa shape index (κ3) is 4.50. The SMILES string of the molecule is C[C@@H](c1ncnn1-c1ccc(C(N)=O)cn1)N(C)c1ncnc2c(C(F)(F)F)cc(C(F)(F)F)cc12. The lowest BCUT2D eigenvalue weighted by Gasteiger charge is -2.27. The molecule has 2 N–H and O–H groups in total. The zero-order valence-electron chi connectivity index (χ0n) is 18.5. The summed E-state index contributed by atoms with van der Waals surface area (Å²) in [6.45, 7) is 1.60. The molecule has 0 saturated heterocycles. The van der Waals surface area contributed by atoms with E-state index in [-0.39, 0.29) is 29.1 Å². The van der Waals surface area contributed by atoms with E-state index in [2.05, 4.69) is 25.0 Å². The van der Waals surface area contributed by atoms with Crippen LogP contribution in [-0.4, -0.2) is 42.7 Å². The van der Waals surface area contributed by atoms with E-state index in [9.17, 15) is 31.1 Å². The molecule has 9 nitrogen and oxygen atoms in total. The van der Waals surface area contributed by atoms with Gasteiger partial charge < -0.3 is 10.6 Å². The molecule has 0 aliphatic heterocycles. The van der Waals surface area contributed by atoms with Gasteiger partial charge in [0.2, 0.25) is 5.91 Å². The minimum Gasteiger partial charge on any atom is -0.366 e. The molecule has 0 spiro atoms. The van der Waals surface area contributed by atoms with E-state index in [0.29, 0.717) is 6.07 Å². The molecule has 4 aromatic rings. The van der Waals surface area contributed by atoms with Crippen molar-refractivity contribution >= 4 is 22.6 Å². The van der Waals surface area contributed by atoms with E-state index < -0.39 is 46.3 Å². The lowest BCUT2D eigenvalue weighted by Crippen LogP contribution is -2.26. The van der Waals surface area contributed by atoms with Crippen molar-refractivity contribution in [1.29, 1.82) is 0 Å². The second kappa shape index (κ2) is 8.73. The maximum Gasteiger partial charge on any atom is 0.418 e. The van der Waals surface area contributed by atoms with Crippen LogP contribution in [0.1, 0.15) is 40.3 Å². The number of aromatic nitrogens is 6. The van der Waals surface area contributed by atoms with Gasteiger partial charge >= 0.3 is 12.4 Å². The van der Waals surface area contributed by atoms with Gasteiger partial charge in [-0.2, -0.15) is 36.1 Å². The Morgan fingerprint density at radius 2 is 1.72 bits per heavy atom. The van der Waals surface area contributed by atoms with Crippen LogP contribution in [0.5, 0.6) is 0 Å². The van der Waals surface area contributed by atoms with Crippen molar-refractivity contribution in [3.8, 4) is 5.82 Å². The number of nitrogens with zero attached hydrogens (tertiary/aromatic N) is 7. The second-order valence-electron chi connectivity index (χ2n) is 7.70. The first-order valence-electron chi connectivity index (χ1n) is 10.1. The highest BCUT2D eigenvalue weighted by Crippen LogP contribution is 2.41. The number of benzene rings is 1. The molecule has 0 radical (unpaired) electrons. The fourth-order valence-electron chi connectivity index (χ4n) is 3.54. The number of alkyl halides is 6. The third-order valence-corrected chi connectivity index (χ3v) is 5.46. The first-order valence-corrected chi connectivity index (χ1v) is 10.1. The van der Waals surface area contributed by atoms with Crippen molar-refractivity contribution in [1.82, 2.24) is 29.7 Å². The highest BCUT2D eigenvalue weighted by atomic mass is 19.4. The number of nitrogens with two attached hydrogens (primary N) is 1. The van der Waals surface area contributed by atoms with Crippen LogP contribution in [0, 0.1) is 0 Å². The van der Waals surface area contributed by atoms with Gasteiger partial charge in [0.1, 0.15) is 18.5 Å². The van der Waals surface area contributed by atoms with Gasteiger partial charge in [-0.15, -0.1) is 0 Å². The number of hydrogen-bond donors (Lipinski definition) is 1. The molecule has 0 unspecified atom stereocenters. The average Bonchev–Trinajstić information content (AvgIpc) is 3.30. The summed E-state index contributed by atoms with van der Waals surface area (Å²) < 4.78 is 82.5. The van der Waals surface area contributed by atoms with E-state index in [4.69, 9.17) is 5.73 Å². The fourth-order valence-corrected chi connectivity index (χ4v) is 3.54. The lowest BCUT2D eigenvalue weighted by atomic mass is 10.0. The van der Waals surface area contributed by atoms with E-state index in [1.807, 2.05) is 0 Å². The normalized spacial score (nSPS) is 13.1. The summed E-state index contributed by atoms with van der Waals surface area (Å²) in [4.78, 5) is 28.5. The zero-order chi connectivity index (χ0) is 26.4. The Bertz CT molecular complexity index is 1430. The molecular formula is C21H16F6N8O. The Labute approximate surface area is 198 Å². The van der Waals surface area contributed by atoms with Gasteiger partial charge in [-0.25, -0.2) is 19.9 Å². The number of pyridine rings is 1. The molecular weight excluding hydrogens is 494 g/mol. The number of hydrogen-bond acceptors (Lipinski definition) is 7. The van der Waals surface area contributed by atoms with Crippen molar-refractivity contribution in [2.24, 2.45) is 5.73 Å². The predicted molar refractivity (Wildman–Crippen MR) is 114 cm³/mol. The highest BCUT2D eigenvalue weighted by molar-refractivity contribution is 5.93. The molecule has 1 aromatic carbocycles. The highest BCUT2D eigenvalue weighted by Gasteiger charge is 2.39. The maximum atomic E-state index is 13.6. The first-order chi connectivity index (χ1) is 16.8. The van der Waals surface area contributed by atoms with Crippen LogP contribution in [0.2, 0.25) is 0 Å². The molecule has 1 atom stereocenters. The minimum atomic E-state index is -5.09. The van der Waals surface area contributed by atoms with Crippen molar-refractivity contribution in [2.45, 2.75) is 25.3 Å². The number of halogens is 6. The molecule has 15 heteroatoms. The average molecular weight is 510 g/mol. The number of fused-ring (bicyclic) bond motifs is 1. The van der Waals surface area contributed by atoms with E-state index >= 15 is 0 Å². The number of primary amides is 1. The van der Waals surface area contributed by atoms with E-state index in [1.165, 1.54) is 41.3 Å². The molecule has 36 heavy (non-hydrogen) atoms. The van der Waals surface area contributed by atoms with Gasteiger partial charge in [0.25, 0.3) is 0 Å². The van der Waals surface area contributed by atoms with Gasteiger partial charge in [0.05, 0.1) is 28.2 Å². The van der Waals surface area contributed by atoms with E-state index in [1.54, 1.807) is 6.92 Å². The number of amides is 1. The number of rotatable bonds is 5. The summed E-state index contributed by atoms with van der Waals surface area (Å²) in [5.41, 5.74) is 1.67. The summed E-state index contributed by atoms with van der Waals surface area (Å²) in [6, 6.07) is 2.72. The largest absolute Gasteiger partial charge is 0.418 e. The topological polar surface area (TPSA) is 116 Å². The number of carbonyl (C=O) groups excluding carboxylic acids is 1. The smallest absolute Gasteiger partial charge is 0.366 e. The Balaban J connectivity index is 1.81. The van der Waals surface area contributed by atoms with Crippen LogP contribution in [0.25, 0.3) is 16.7 Å². The summed E-state index contributed by atoms with van der Waals surface area (Å²) in [5, 5.41) is 3.64. The molecule has 3 aromatic heterocycles. The second-order valence-corrected chi connectivity index (χ2v) is 7.70. The minimum absolute atomic E-state index is 0.0284. The molecule has 188 valence electrons. The Hall–Kier alpha value is -4.30. The molecule has 0 saturated carbocycles. The molecule has 3 heterocycles. The summed E-state index contributed by atoms with van der Waals surface area (Å²) in [7, 11) is 1.43. The molecule has 0 aliphatic rings. The summed E-state index contributed by atoms with van der Waals surface area (Å²) in [6.07, 6.45) is -6.84. The Morgan fingerprint density at radius 1 is 1.00 bits per heavy atom. The standard InChI is InChI=1S/C21H16F6N8O/c1-10(18-32-9-33-35(18)15-4-3-11(7-29-15)17(28)36)34(2)19-13-5-12(20(22,23)24)6-14(21(25,26)27)16(13)30-8-31-19/h3-10H,1-2H3,(H2,28,36)/t10-/m0/s1. The molecule has 4 rings (SSSR count). The number of carbonyl (C=O) groups is 1. The van der Waals surface area contributed by atoms with Crippen LogP contribution in [0.3, 0.4) is 0 Å². The van der Waals surface area contributed by atoms with Crippen LogP contribution in [0.15, 0.2) is 43.1 Å². The van der Waals surface area contributed by atoms with E-state index in [0.717, 1.165) is 6.33 Å². The summed E-state index contributed by atoms with van der Waals surface area (Å²) in [5.74, 6) is -0.380. The van der Waals surface area contributed by atoms with Crippen LogP contribution >= 0.6 is 0 Å². The maximum absolute atomic E-state index is 13.6.